The summed E-state index contributed by atoms with van der Waals surface area (Å²) in [5.41, 5.74) is 1.90. The zero-order valence-corrected chi connectivity index (χ0v) is 14.4. The number of fused-ring (bicyclic) bond motifs is 1. The van der Waals surface area contributed by atoms with Crippen molar-refractivity contribution in [3.63, 3.8) is 0 Å². The first-order valence-corrected chi connectivity index (χ1v) is 12.1. The van der Waals surface area contributed by atoms with Crippen molar-refractivity contribution in [1.82, 2.24) is 0 Å². The van der Waals surface area contributed by atoms with Gasteiger partial charge in [0.15, 0.2) is 0 Å². The molecule has 0 amide bonds. The van der Waals surface area contributed by atoms with Crippen LogP contribution in [-0.4, -0.2) is 12.3 Å². The number of hydrogen-bond donors (Lipinski definition) is 0. The van der Waals surface area contributed by atoms with Crippen LogP contribution in [0.2, 0.25) is 19.6 Å². The van der Waals surface area contributed by atoms with Crippen LogP contribution in [0.4, 0.5) is 5.69 Å². The highest BCUT2D eigenvalue weighted by molar-refractivity contribution is 8.00. The van der Waals surface area contributed by atoms with E-state index in [0.717, 1.165) is 20.7 Å². The Hall–Kier alpha value is -1.65. The fourth-order valence-electron chi connectivity index (χ4n) is 2.52. The Balaban J connectivity index is 2.35. The molecular formula is C17H19NOSSi. The van der Waals surface area contributed by atoms with Crippen LogP contribution in [0, 0.1) is 0 Å². The zero-order valence-electron chi connectivity index (χ0n) is 12.5. The third kappa shape index (κ3) is 2.49. The molecule has 0 saturated heterocycles. The van der Waals surface area contributed by atoms with E-state index in [1.807, 2.05) is 54.6 Å². The van der Waals surface area contributed by atoms with Crippen LogP contribution >= 0.6 is 0 Å². The van der Waals surface area contributed by atoms with E-state index in [-0.39, 0.29) is 0 Å². The summed E-state index contributed by atoms with van der Waals surface area (Å²) < 4.78 is 19.5. The molecule has 1 atom stereocenters. The van der Waals surface area contributed by atoms with Crippen molar-refractivity contribution < 1.29 is 4.21 Å². The fraction of sp³-hybridized carbons (Fsp3) is 0.176. The van der Waals surface area contributed by atoms with Gasteiger partial charge in [0.05, 0.1) is 18.7 Å². The van der Waals surface area contributed by atoms with Crippen molar-refractivity contribution in [1.29, 1.82) is 0 Å². The minimum atomic E-state index is -2.53. The number of benzene rings is 2. The predicted molar refractivity (Wildman–Crippen MR) is 92.7 cm³/mol. The summed E-state index contributed by atoms with van der Waals surface area (Å²) in [5, 5.41) is 0. The maximum absolute atomic E-state index is 13.7. The maximum atomic E-state index is 13.7. The van der Waals surface area contributed by atoms with Crippen molar-refractivity contribution in [3.8, 4) is 0 Å². The first kappa shape index (κ1) is 14.3. The first-order valence-electron chi connectivity index (χ1n) is 7.05. The lowest BCUT2D eigenvalue weighted by Gasteiger charge is -2.27. The van der Waals surface area contributed by atoms with Crippen LogP contribution in [0.25, 0.3) is 6.08 Å². The molecule has 1 unspecified atom stereocenters. The third-order valence-corrected chi connectivity index (χ3v) is 9.92. The van der Waals surface area contributed by atoms with Gasteiger partial charge in [-0.15, -0.1) is 0 Å². The SMILES string of the molecule is C[Si](C)(C)C1=Cc2ccccc2N=S1(=O)c1ccccc1. The zero-order chi connectivity index (χ0) is 15.1. The van der Waals surface area contributed by atoms with E-state index in [4.69, 9.17) is 0 Å². The monoisotopic (exact) mass is 313 g/mol. The highest BCUT2D eigenvalue weighted by atomic mass is 32.2. The Morgan fingerprint density at radius 1 is 0.905 bits per heavy atom. The molecule has 1 heterocycles. The molecule has 4 heteroatoms. The van der Waals surface area contributed by atoms with E-state index < -0.39 is 17.8 Å². The molecule has 2 nitrogen and oxygen atoms in total. The topological polar surface area (TPSA) is 29.4 Å². The van der Waals surface area contributed by atoms with Crippen LogP contribution in [0.1, 0.15) is 5.56 Å². The second-order valence-corrected chi connectivity index (χ2v) is 13.8. The summed E-state index contributed by atoms with van der Waals surface area (Å²) in [5.74, 6) is 0. The molecule has 0 N–H and O–H groups in total. The van der Waals surface area contributed by atoms with Crippen LogP contribution < -0.4 is 0 Å². The normalized spacial score (nSPS) is 21.2. The molecule has 0 spiro atoms. The average Bonchev–Trinajstić information content (AvgIpc) is 2.46. The van der Waals surface area contributed by atoms with Gasteiger partial charge in [0.2, 0.25) is 0 Å². The molecule has 1 aliphatic heterocycles. The molecule has 0 aliphatic carbocycles. The Labute approximate surface area is 127 Å². The van der Waals surface area contributed by atoms with E-state index in [0.29, 0.717) is 0 Å². The summed E-state index contributed by atoms with van der Waals surface area (Å²) in [6.07, 6.45) is 2.11. The van der Waals surface area contributed by atoms with Crippen LogP contribution in [0.15, 0.2) is 68.4 Å². The fourth-order valence-corrected chi connectivity index (χ4v) is 8.63. The second-order valence-electron chi connectivity index (χ2n) is 6.25. The summed E-state index contributed by atoms with van der Waals surface area (Å²) in [6.45, 7) is 6.68. The lowest BCUT2D eigenvalue weighted by molar-refractivity contribution is 0.682. The van der Waals surface area contributed by atoms with E-state index in [9.17, 15) is 4.21 Å². The van der Waals surface area contributed by atoms with Gasteiger partial charge in [0.1, 0.15) is 9.73 Å². The molecule has 2 aromatic rings. The van der Waals surface area contributed by atoms with Crippen molar-refractivity contribution in [2.24, 2.45) is 4.36 Å². The van der Waals surface area contributed by atoms with Gasteiger partial charge in [-0.05, 0) is 24.3 Å². The lowest BCUT2D eigenvalue weighted by Crippen LogP contribution is -2.30. The molecule has 0 saturated carbocycles. The third-order valence-electron chi connectivity index (χ3n) is 3.55. The Morgan fingerprint density at radius 2 is 1.52 bits per heavy atom. The van der Waals surface area contributed by atoms with E-state index in [1.54, 1.807) is 0 Å². The Bertz CT molecular complexity index is 825. The van der Waals surface area contributed by atoms with E-state index >= 15 is 0 Å². The van der Waals surface area contributed by atoms with Crippen molar-refractivity contribution >= 4 is 29.6 Å². The van der Waals surface area contributed by atoms with Crippen LogP contribution in [-0.2, 0) is 9.73 Å². The second kappa shape index (κ2) is 4.96. The molecule has 2 aromatic carbocycles. The Kier molecular flexibility index (Phi) is 3.38. The van der Waals surface area contributed by atoms with Crippen molar-refractivity contribution in [2.45, 2.75) is 24.5 Å². The maximum Gasteiger partial charge on any atom is 0.101 e. The first-order chi connectivity index (χ1) is 9.91. The van der Waals surface area contributed by atoms with E-state index in [1.165, 1.54) is 0 Å². The lowest BCUT2D eigenvalue weighted by atomic mass is 10.2. The van der Waals surface area contributed by atoms with Gasteiger partial charge >= 0.3 is 0 Å². The standard InChI is InChI=1S/C17H19NOSSi/c1-21(2,3)17-13-14-9-7-8-12-16(14)18-20(17,19)15-10-5-4-6-11-15/h4-13H,1-3H3. The van der Waals surface area contributed by atoms with E-state index in [2.05, 4.69) is 30.1 Å². The molecule has 108 valence electrons. The smallest absolute Gasteiger partial charge is 0.101 e. The molecule has 1 aliphatic rings. The summed E-state index contributed by atoms with van der Waals surface area (Å²) in [7, 11) is -4.28. The summed E-state index contributed by atoms with van der Waals surface area (Å²) in [6, 6.07) is 17.6. The minimum Gasteiger partial charge on any atom is -0.240 e. The van der Waals surface area contributed by atoms with Gasteiger partial charge < -0.3 is 0 Å². The average molecular weight is 313 g/mol. The quantitative estimate of drug-likeness (QED) is 0.711. The van der Waals surface area contributed by atoms with Crippen molar-refractivity contribution in [3.05, 3.63) is 64.7 Å². The molecule has 21 heavy (non-hydrogen) atoms. The number of nitrogens with zero attached hydrogens (tertiary/aromatic N) is 1. The van der Waals surface area contributed by atoms with Gasteiger partial charge in [-0.1, -0.05) is 56.0 Å². The molecule has 0 bridgehead atoms. The number of hydrogen-bond acceptors (Lipinski definition) is 2. The largest absolute Gasteiger partial charge is 0.240 e. The molecule has 0 aromatic heterocycles. The summed E-state index contributed by atoms with van der Waals surface area (Å²) in [4.78, 5) is 0.813. The highest BCUT2D eigenvalue weighted by Gasteiger charge is 2.33. The minimum absolute atomic E-state index is 0.813. The van der Waals surface area contributed by atoms with Crippen LogP contribution in [0.3, 0.4) is 0 Å². The summed E-state index contributed by atoms with van der Waals surface area (Å²) >= 11 is 0. The van der Waals surface area contributed by atoms with Gasteiger partial charge in [0.25, 0.3) is 0 Å². The predicted octanol–water partition coefficient (Wildman–Crippen LogP) is 5.08. The number of rotatable bonds is 2. The van der Waals surface area contributed by atoms with Gasteiger partial charge in [-0.25, -0.2) is 4.21 Å². The molecule has 3 rings (SSSR count). The van der Waals surface area contributed by atoms with Gasteiger partial charge in [-0.3, -0.25) is 0 Å². The molecule has 0 fully saturated rings. The van der Waals surface area contributed by atoms with Crippen LogP contribution in [0.5, 0.6) is 0 Å². The van der Waals surface area contributed by atoms with Crippen molar-refractivity contribution in [2.75, 3.05) is 0 Å². The highest BCUT2D eigenvalue weighted by Crippen LogP contribution is 2.39. The Morgan fingerprint density at radius 3 is 2.19 bits per heavy atom. The van der Waals surface area contributed by atoms with Gasteiger partial charge in [-0.2, -0.15) is 4.36 Å². The molecule has 0 radical (unpaired) electrons. The van der Waals surface area contributed by atoms with Gasteiger partial charge in [0, 0.05) is 10.1 Å². The molecular weight excluding hydrogens is 294 g/mol.